The number of hydrogen-bond acceptors (Lipinski definition) is 5. The van der Waals surface area contributed by atoms with E-state index in [1.54, 1.807) is 4.90 Å². The highest BCUT2D eigenvalue weighted by Gasteiger charge is 2.41. The van der Waals surface area contributed by atoms with E-state index in [1.165, 1.54) is 0 Å². The Kier molecular flexibility index (Phi) is 2.58. The molecular weight excluding hydrogens is 241 g/mol. The number of alkyl halides is 3. The first kappa shape index (κ1) is 11.6. The largest absolute Gasteiger partial charge is 0.452 e. The average Bonchev–Trinajstić information content (AvgIpc) is 2.60. The van der Waals surface area contributed by atoms with Gasteiger partial charge in [0, 0.05) is 24.6 Å². The van der Waals surface area contributed by atoms with Crippen LogP contribution in [0.15, 0.2) is 0 Å². The molecule has 1 aromatic heterocycles. The minimum absolute atomic E-state index is 0.288. The third-order valence-electron chi connectivity index (χ3n) is 2.66. The molecule has 16 heavy (non-hydrogen) atoms. The normalized spacial score (nSPS) is 19.7. The van der Waals surface area contributed by atoms with Crippen LogP contribution in [0.3, 0.4) is 0 Å². The second-order valence-corrected chi connectivity index (χ2v) is 4.70. The van der Waals surface area contributed by atoms with Gasteiger partial charge in [-0.05, 0) is 6.42 Å². The molecule has 0 amide bonds. The summed E-state index contributed by atoms with van der Waals surface area (Å²) in [4.78, 5) is 5.17. The summed E-state index contributed by atoms with van der Waals surface area (Å²) in [6, 6.07) is 0. The van der Waals surface area contributed by atoms with Crippen LogP contribution < -0.4 is 10.6 Å². The van der Waals surface area contributed by atoms with Crippen molar-refractivity contribution in [2.45, 2.75) is 25.1 Å². The van der Waals surface area contributed by atoms with E-state index in [0.29, 0.717) is 18.2 Å². The summed E-state index contributed by atoms with van der Waals surface area (Å²) in [5.74, 6) is -1.07. The van der Waals surface area contributed by atoms with Gasteiger partial charge >= 0.3 is 6.18 Å². The maximum Gasteiger partial charge on any atom is 0.452 e. The fraction of sp³-hybridized carbons (Fsp3) is 0.750. The molecule has 4 nitrogen and oxygen atoms in total. The minimum Gasteiger partial charge on any atom is -0.343 e. The number of nitrogens with zero attached hydrogens (tertiary/aromatic N) is 3. The molecule has 0 saturated carbocycles. The molecule has 0 atom stereocenters. The summed E-state index contributed by atoms with van der Waals surface area (Å²) in [6.45, 7) is 3.03. The molecule has 0 unspecified atom stereocenters. The van der Waals surface area contributed by atoms with E-state index in [1.807, 2.05) is 6.92 Å². The first-order valence-corrected chi connectivity index (χ1v) is 5.56. The van der Waals surface area contributed by atoms with E-state index in [2.05, 4.69) is 9.36 Å². The van der Waals surface area contributed by atoms with Crippen molar-refractivity contribution in [1.82, 2.24) is 9.36 Å². The van der Waals surface area contributed by atoms with Gasteiger partial charge in [0.15, 0.2) is 0 Å². The Morgan fingerprint density at radius 1 is 1.50 bits per heavy atom. The molecule has 2 N–H and O–H groups in total. The summed E-state index contributed by atoms with van der Waals surface area (Å²) >= 11 is 0.761. The van der Waals surface area contributed by atoms with Crippen LogP contribution in [0.1, 0.15) is 19.2 Å². The molecule has 0 spiro atoms. The summed E-state index contributed by atoms with van der Waals surface area (Å²) in [5, 5.41) is 0.293. The molecule has 1 aliphatic rings. The van der Waals surface area contributed by atoms with Crippen molar-refractivity contribution < 1.29 is 13.2 Å². The summed E-state index contributed by atoms with van der Waals surface area (Å²) in [7, 11) is 0. The van der Waals surface area contributed by atoms with Gasteiger partial charge in [0.1, 0.15) is 0 Å². The highest BCUT2D eigenvalue weighted by atomic mass is 32.1. The summed E-state index contributed by atoms with van der Waals surface area (Å²) in [6.07, 6.45) is -3.67. The first-order chi connectivity index (χ1) is 7.34. The Morgan fingerprint density at radius 3 is 2.56 bits per heavy atom. The fourth-order valence-electron chi connectivity index (χ4n) is 1.53. The van der Waals surface area contributed by atoms with Crippen molar-refractivity contribution in [1.29, 1.82) is 0 Å². The zero-order valence-corrected chi connectivity index (χ0v) is 9.40. The van der Waals surface area contributed by atoms with Gasteiger partial charge in [-0.1, -0.05) is 6.92 Å². The highest BCUT2D eigenvalue weighted by Crippen LogP contribution is 2.33. The Balaban J connectivity index is 2.06. The molecule has 2 heterocycles. The van der Waals surface area contributed by atoms with E-state index in [9.17, 15) is 13.2 Å². The lowest BCUT2D eigenvalue weighted by Gasteiger charge is -2.47. The predicted octanol–water partition coefficient (Wildman–Crippen LogP) is 1.48. The van der Waals surface area contributed by atoms with Crippen LogP contribution in [0.25, 0.3) is 0 Å². The van der Waals surface area contributed by atoms with Crippen LogP contribution in [0.2, 0.25) is 0 Å². The number of hydrogen-bond donors (Lipinski definition) is 1. The van der Waals surface area contributed by atoms with Crippen LogP contribution in [-0.2, 0) is 6.18 Å². The van der Waals surface area contributed by atoms with Crippen LogP contribution in [0, 0.1) is 0 Å². The van der Waals surface area contributed by atoms with E-state index >= 15 is 0 Å². The molecule has 1 fully saturated rings. The smallest absolute Gasteiger partial charge is 0.343 e. The lowest BCUT2D eigenvalue weighted by atomic mass is 9.89. The Labute approximate surface area is 94.4 Å². The zero-order chi connectivity index (χ0) is 12.0. The van der Waals surface area contributed by atoms with Crippen LogP contribution in [0.5, 0.6) is 0 Å². The third-order valence-corrected chi connectivity index (χ3v) is 3.43. The molecule has 0 radical (unpaired) electrons. The van der Waals surface area contributed by atoms with E-state index in [-0.39, 0.29) is 5.54 Å². The summed E-state index contributed by atoms with van der Waals surface area (Å²) in [5.41, 5.74) is 5.63. The van der Waals surface area contributed by atoms with E-state index < -0.39 is 12.0 Å². The highest BCUT2D eigenvalue weighted by molar-refractivity contribution is 7.09. The third kappa shape index (κ3) is 1.99. The van der Waals surface area contributed by atoms with Crippen LogP contribution >= 0.6 is 11.5 Å². The average molecular weight is 252 g/mol. The Bertz CT molecular complexity index is 383. The molecule has 8 heteroatoms. The molecule has 0 aliphatic carbocycles. The standard InChI is InChI=1S/C8H11F3N4S/c1-2-7(12)3-15(4-7)6-13-5(14-16-6)8(9,10)11/h2-4,12H2,1H3. The van der Waals surface area contributed by atoms with Crippen molar-refractivity contribution in [2.75, 3.05) is 18.0 Å². The monoisotopic (exact) mass is 252 g/mol. The van der Waals surface area contributed by atoms with Crippen molar-refractivity contribution in [3.8, 4) is 0 Å². The topological polar surface area (TPSA) is 55.0 Å². The molecule has 1 aromatic rings. The Hall–Kier alpha value is -0.890. The Morgan fingerprint density at radius 2 is 2.12 bits per heavy atom. The van der Waals surface area contributed by atoms with Crippen molar-refractivity contribution in [2.24, 2.45) is 5.73 Å². The second kappa shape index (κ2) is 3.56. The number of aromatic nitrogens is 2. The van der Waals surface area contributed by atoms with Crippen molar-refractivity contribution >= 4 is 16.7 Å². The van der Waals surface area contributed by atoms with Gasteiger partial charge in [-0.2, -0.15) is 22.5 Å². The van der Waals surface area contributed by atoms with Crippen LogP contribution in [0.4, 0.5) is 18.3 Å². The number of nitrogens with two attached hydrogens (primary N) is 1. The zero-order valence-electron chi connectivity index (χ0n) is 8.58. The van der Waals surface area contributed by atoms with Gasteiger partial charge in [-0.15, -0.1) is 0 Å². The van der Waals surface area contributed by atoms with Gasteiger partial charge in [0.05, 0.1) is 5.54 Å². The molecule has 90 valence electrons. The number of anilines is 1. The second-order valence-electron chi connectivity index (χ2n) is 3.97. The molecule has 0 bridgehead atoms. The van der Waals surface area contributed by atoms with Gasteiger partial charge in [0.25, 0.3) is 0 Å². The van der Waals surface area contributed by atoms with Gasteiger partial charge in [-0.25, -0.2) is 0 Å². The lowest BCUT2D eigenvalue weighted by molar-refractivity contribution is -0.144. The number of halogens is 3. The maximum absolute atomic E-state index is 12.2. The quantitative estimate of drug-likeness (QED) is 0.866. The molecule has 0 aromatic carbocycles. The molecule has 2 rings (SSSR count). The van der Waals surface area contributed by atoms with Gasteiger partial charge < -0.3 is 10.6 Å². The molecular formula is C8H11F3N4S. The predicted molar refractivity (Wildman–Crippen MR) is 54.3 cm³/mol. The first-order valence-electron chi connectivity index (χ1n) is 4.79. The lowest BCUT2D eigenvalue weighted by Crippen LogP contribution is -2.67. The molecule has 1 saturated heterocycles. The van der Waals surface area contributed by atoms with E-state index in [4.69, 9.17) is 5.73 Å². The maximum atomic E-state index is 12.2. The fourth-order valence-corrected chi connectivity index (χ4v) is 2.22. The van der Waals surface area contributed by atoms with E-state index in [0.717, 1.165) is 18.0 Å². The number of rotatable bonds is 2. The summed E-state index contributed by atoms with van der Waals surface area (Å²) < 4.78 is 40.0. The van der Waals surface area contributed by atoms with Crippen LogP contribution in [-0.4, -0.2) is 28.0 Å². The SMILES string of the molecule is CCC1(N)CN(c2nc(C(F)(F)F)ns2)C1. The minimum atomic E-state index is -4.47. The van der Waals surface area contributed by atoms with Crippen molar-refractivity contribution in [3.63, 3.8) is 0 Å². The van der Waals surface area contributed by atoms with Crippen molar-refractivity contribution in [3.05, 3.63) is 5.82 Å². The molecule has 1 aliphatic heterocycles. The van der Waals surface area contributed by atoms with Gasteiger partial charge in [-0.3, -0.25) is 0 Å². The van der Waals surface area contributed by atoms with Gasteiger partial charge in [0.2, 0.25) is 11.0 Å².